The number of rotatable bonds is 8. The molecule has 1 aromatic carbocycles. The minimum atomic E-state index is -0.190. The standard InChI is InChI=1S/C19H26N4OS/c1-13(2)11-20-18(24)14(3)25-19-22-21-17(16-9-10-16)23(19)12-15-7-5-4-6-8-15/h4-8,13-14,16H,9-12H2,1-3H3,(H,20,24). The molecule has 0 radical (unpaired) electrons. The second-order valence-corrected chi connectivity index (χ2v) is 8.39. The fourth-order valence-electron chi connectivity index (χ4n) is 2.61. The van der Waals surface area contributed by atoms with Crippen molar-refractivity contribution in [3.05, 3.63) is 41.7 Å². The molecule has 0 aliphatic heterocycles. The van der Waals surface area contributed by atoms with Crippen molar-refractivity contribution in [2.45, 2.75) is 56.5 Å². The first-order valence-electron chi connectivity index (χ1n) is 8.96. The molecule has 2 aromatic rings. The van der Waals surface area contributed by atoms with Crippen molar-refractivity contribution in [3.8, 4) is 0 Å². The summed E-state index contributed by atoms with van der Waals surface area (Å²) in [6.07, 6.45) is 2.37. The minimum absolute atomic E-state index is 0.0564. The molecule has 0 spiro atoms. The number of carbonyl (C=O) groups is 1. The maximum atomic E-state index is 12.3. The summed E-state index contributed by atoms with van der Waals surface area (Å²) in [6.45, 7) is 7.57. The van der Waals surface area contributed by atoms with E-state index in [2.05, 4.69) is 46.1 Å². The van der Waals surface area contributed by atoms with Gasteiger partial charge in [-0.05, 0) is 31.2 Å². The first-order valence-corrected chi connectivity index (χ1v) is 9.84. The molecule has 1 atom stereocenters. The molecule has 134 valence electrons. The summed E-state index contributed by atoms with van der Waals surface area (Å²) in [5.74, 6) is 2.09. The third-order valence-corrected chi connectivity index (χ3v) is 5.29. The van der Waals surface area contributed by atoms with E-state index in [1.165, 1.54) is 30.2 Å². The van der Waals surface area contributed by atoms with Crippen molar-refractivity contribution in [2.24, 2.45) is 5.92 Å². The van der Waals surface area contributed by atoms with E-state index in [1.54, 1.807) is 0 Å². The van der Waals surface area contributed by atoms with E-state index in [1.807, 2.05) is 25.1 Å². The summed E-state index contributed by atoms with van der Waals surface area (Å²) >= 11 is 1.49. The van der Waals surface area contributed by atoms with Crippen molar-refractivity contribution in [2.75, 3.05) is 6.54 Å². The van der Waals surface area contributed by atoms with Crippen molar-refractivity contribution < 1.29 is 4.79 Å². The van der Waals surface area contributed by atoms with Crippen LogP contribution in [0, 0.1) is 5.92 Å². The van der Waals surface area contributed by atoms with Crippen molar-refractivity contribution in [1.29, 1.82) is 0 Å². The molecule has 6 heteroatoms. The summed E-state index contributed by atoms with van der Waals surface area (Å²) in [7, 11) is 0. The van der Waals surface area contributed by atoms with Crippen LogP contribution in [0.3, 0.4) is 0 Å². The number of thioether (sulfide) groups is 1. The topological polar surface area (TPSA) is 59.8 Å². The van der Waals surface area contributed by atoms with Crippen LogP contribution in [0.1, 0.15) is 50.9 Å². The van der Waals surface area contributed by atoms with Gasteiger partial charge < -0.3 is 9.88 Å². The predicted octanol–water partition coefficient (Wildman–Crippen LogP) is 3.46. The zero-order valence-electron chi connectivity index (χ0n) is 15.1. The minimum Gasteiger partial charge on any atom is -0.355 e. The van der Waals surface area contributed by atoms with E-state index in [0.717, 1.165) is 17.5 Å². The molecule has 1 N–H and O–H groups in total. The van der Waals surface area contributed by atoms with Crippen LogP contribution in [-0.2, 0) is 11.3 Å². The Morgan fingerprint density at radius 2 is 1.96 bits per heavy atom. The second-order valence-electron chi connectivity index (χ2n) is 7.09. The fourth-order valence-corrected chi connectivity index (χ4v) is 3.49. The summed E-state index contributed by atoms with van der Waals surface area (Å²) in [5.41, 5.74) is 1.22. The molecule has 1 aliphatic rings. The monoisotopic (exact) mass is 358 g/mol. The molecule has 1 aromatic heterocycles. The highest BCUT2D eigenvalue weighted by Gasteiger charge is 2.31. The van der Waals surface area contributed by atoms with Gasteiger partial charge in [-0.25, -0.2) is 0 Å². The Hall–Kier alpha value is -1.82. The summed E-state index contributed by atoms with van der Waals surface area (Å²) in [4.78, 5) is 12.3. The lowest BCUT2D eigenvalue weighted by Gasteiger charge is -2.14. The van der Waals surface area contributed by atoms with Gasteiger partial charge in [0.15, 0.2) is 5.16 Å². The number of benzene rings is 1. The second kappa shape index (κ2) is 8.04. The summed E-state index contributed by atoms with van der Waals surface area (Å²) in [5, 5.41) is 12.4. The molecule has 5 nitrogen and oxygen atoms in total. The van der Waals surface area contributed by atoms with Crippen LogP contribution in [0.5, 0.6) is 0 Å². The molecular weight excluding hydrogens is 332 g/mol. The maximum absolute atomic E-state index is 12.3. The summed E-state index contributed by atoms with van der Waals surface area (Å²) in [6, 6.07) is 10.3. The SMILES string of the molecule is CC(C)CNC(=O)C(C)Sc1nnc(C2CC2)n1Cc1ccccc1. The zero-order chi connectivity index (χ0) is 17.8. The van der Waals surface area contributed by atoms with Gasteiger partial charge in [-0.3, -0.25) is 4.79 Å². The quantitative estimate of drug-likeness (QED) is 0.734. The molecule has 25 heavy (non-hydrogen) atoms. The Labute approximate surface area is 153 Å². The van der Waals surface area contributed by atoms with Gasteiger partial charge in [0.1, 0.15) is 5.82 Å². The Morgan fingerprint density at radius 3 is 2.60 bits per heavy atom. The molecule has 1 heterocycles. The van der Waals surface area contributed by atoms with E-state index in [4.69, 9.17) is 0 Å². The number of hydrogen-bond donors (Lipinski definition) is 1. The Morgan fingerprint density at radius 1 is 1.24 bits per heavy atom. The molecule has 1 aliphatic carbocycles. The fraction of sp³-hybridized carbons (Fsp3) is 0.526. The third-order valence-electron chi connectivity index (χ3n) is 4.21. The van der Waals surface area contributed by atoms with Crippen LogP contribution < -0.4 is 5.32 Å². The van der Waals surface area contributed by atoms with E-state index in [0.29, 0.717) is 18.4 Å². The molecule has 0 bridgehead atoms. The first kappa shape index (κ1) is 18.0. The van der Waals surface area contributed by atoms with E-state index < -0.39 is 0 Å². The normalized spacial score (nSPS) is 15.4. The Balaban J connectivity index is 1.73. The number of carbonyl (C=O) groups excluding carboxylic acids is 1. The van der Waals surface area contributed by atoms with E-state index in [-0.39, 0.29) is 11.2 Å². The van der Waals surface area contributed by atoms with Gasteiger partial charge in [-0.15, -0.1) is 10.2 Å². The molecule has 3 rings (SSSR count). The third kappa shape index (κ3) is 4.84. The average molecular weight is 359 g/mol. The molecule has 1 fully saturated rings. The smallest absolute Gasteiger partial charge is 0.233 e. The van der Waals surface area contributed by atoms with Crippen LogP contribution in [0.4, 0.5) is 0 Å². The van der Waals surface area contributed by atoms with Gasteiger partial charge in [0.2, 0.25) is 5.91 Å². The highest BCUT2D eigenvalue weighted by atomic mass is 32.2. The lowest BCUT2D eigenvalue weighted by molar-refractivity contribution is -0.120. The predicted molar refractivity (Wildman–Crippen MR) is 101 cm³/mol. The largest absolute Gasteiger partial charge is 0.355 e. The molecule has 1 saturated carbocycles. The number of hydrogen-bond acceptors (Lipinski definition) is 4. The molecular formula is C19H26N4OS. The van der Waals surface area contributed by atoms with Crippen molar-refractivity contribution >= 4 is 17.7 Å². The van der Waals surface area contributed by atoms with E-state index in [9.17, 15) is 4.79 Å². The van der Waals surface area contributed by atoms with Crippen molar-refractivity contribution in [1.82, 2.24) is 20.1 Å². The Bertz CT molecular complexity index is 709. The lowest BCUT2D eigenvalue weighted by Crippen LogP contribution is -2.33. The van der Waals surface area contributed by atoms with Crippen LogP contribution in [0.2, 0.25) is 0 Å². The zero-order valence-corrected chi connectivity index (χ0v) is 15.9. The molecule has 1 unspecified atom stereocenters. The van der Waals surface area contributed by atoms with Crippen LogP contribution in [-0.4, -0.2) is 32.5 Å². The summed E-state index contributed by atoms with van der Waals surface area (Å²) < 4.78 is 2.18. The number of nitrogens with one attached hydrogen (secondary N) is 1. The van der Waals surface area contributed by atoms with Gasteiger partial charge in [-0.2, -0.15) is 0 Å². The van der Waals surface area contributed by atoms with Crippen LogP contribution in [0.25, 0.3) is 0 Å². The molecule has 0 saturated heterocycles. The van der Waals surface area contributed by atoms with Gasteiger partial charge in [0.05, 0.1) is 11.8 Å². The highest BCUT2D eigenvalue weighted by Crippen LogP contribution is 2.40. The van der Waals surface area contributed by atoms with Crippen molar-refractivity contribution in [3.63, 3.8) is 0 Å². The average Bonchev–Trinajstić information content (AvgIpc) is 3.37. The highest BCUT2D eigenvalue weighted by molar-refractivity contribution is 8.00. The number of amides is 1. The van der Waals surface area contributed by atoms with E-state index >= 15 is 0 Å². The maximum Gasteiger partial charge on any atom is 0.233 e. The van der Waals surface area contributed by atoms with Gasteiger partial charge in [0.25, 0.3) is 0 Å². The van der Waals surface area contributed by atoms with Gasteiger partial charge >= 0.3 is 0 Å². The van der Waals surface area contributed by atoms with Gasteiger partial charge in [-0.1, -0.05) is 55.9 Å². The molecule has 1 amide bonds. The lowest BCUT2D eigenvalue weighted by atomic mass is 10.2. The van der Waals surface area contributed by atoms with Crippen LogP contribution in [0.15, 0.2) is 35.5 Å². The Kier molecular flexibility index (Phi) is 5.78. The number of aromatic nitrogens is 3. The van der Waals surface area contributed by atoms with Crippen LogP contribution >= 0.6 is 11.8 Å². The first-order chi connectivity index (χ1) is 12.0. The van der Waals surface area contributed by atoms with Gasteiger partial charge in [0, 0.05) is 12.5 Å². The number of nitrogens with zero attached hydrogens (tertiary/aromatic N) is 3.